The number of rotatable bonds is 2. The summed E-state index contributed by atoms with van der Waals surface area (Å²) in [7, 11) is 3.95. The van der Waals surface area contributed by atoms with Crippen LogP contribution in [0.1, 0.15) is 16.2 Å². The van der Waals surface area contributed by atoms with Crippen molar-refractivity contribution in [2.24, 2.45) is 0 Å². The van der Waals surface area contributed by atoms with Crippen LogP contribution in [0.5, 0.6) is 0 Å². The molecular formula is C5H14ClMgN. The third-order valence-corrected chi connectivity index (χ3v) is 1.60. The zero-order valence-corrected chi connectivity index (χ0v) is 7.99. The topological polar surface area (TPSA) is 3.24 Å². The van der Waals surface area contributed by atoms with Crippen molar-refractivity contribution in [1.29, 1.82) is 0 Å². The summed E-state index contributed by atoms with van der Waals surface area (Å²) in [6, 6.07) is 0. The van der Waals surface area contributed by atoms with Crippen molar-refractivity contribution < 1.29 is 2.85 Å². The molecule has 0 aromatic heterocycles. The molecule has 0 aromatic carbocycles. The minimum atomic E-state index is 0. The predicted molar refractivity (Wildman–Crippen MR) is 41.6 cm³/mol. The molecule has 1 atom stereocenters. The van der Waals surface area contributed by atoms with Gasteiger partial charge in [-0.05, 0) is 20.5 Å². The third-order valence-electron chi connectivity index (χ3n) is 0.897. The molecule has 0 amide bonds. The standard InChI is InChI=1S/C5H12ClN.Mg.2H/c1-4-5(6)7(2)3;;;/h5H,4H2,1-3H3;;;/q;+2;2*-1. The molecule has 0 aromatic rings. The van der Waals surface area contributed by atoms with Gasteiger partial charge in [-0.25, -0.2) is 0 Å². The van der Waals surface area contributed by atoms with E-state index >= 15 is 0 Å². The van der Waals surface area contributed by atoms with Gasteiger partial charge < -0.3 is 2.85 Å². The molecule has 0 spiro atoms. The second-order valence-electron chi connectivity index (χ2n) is 1.81. The van der Waals surface area contributed by atoms with Crippen molar-refractivity contribution in [3.8, 4) is 0 Å². The maximum absolute atomic E-state index is 5.73. The maximum Gasteiger partial charge on any atom is 2.00 e. The van der Waals surface area contributed by atoms with Crippen LogP contribution in [0.15, 0.2) is 0 Å². The molecule has 3 heteroatoms. The second kappa shape index (κ2) is 6.14. The number of hydrogen-bond acceptors (Lipinski definition) is 1. The van der Waals surface area contributed by atoms with Crippen LogP contribution in [0.4, 0.5) is 0 Å². The van der Waals surface area contributed by atoms with Crippen molar-refractivity contribution >= 4 is 34.7 Å². The summed E-state index contributed by atoms with van der Waals surface area (Å²) >= 11 is 5.73. The monoisotopic (exact) mass is 147 g/mol. The fourth-order valence-corrected chi connectivity index (χ4v) is 0.365. The average molecular weight is 148 g/mol. The van der Waals surface area contributed by atoms with Crippen LogP contribution in [0.25, 0.3) is 0 Å². The quantitative estimate of drug-likeness (QED) is 0.324. The molecule has 0 aliphatic heterocycles. The van der Waals surface area contributed by atoms with Gasteiger partial charge in [-0.3, -0.25) is 4.90 Å². The third kappa shape index (κ3) is 5.16. The van der Waals surface area contributed by atoms with E-state index in [1.165, 1.54) is 0 Å². The van der Waals surface area contributed by atoms with Gasteiger partial charge in [-0.1, -0.05) is 6.92 Å². The number of halogens is 1. The van der Waals surface area contributed by atoms with Crippen molar-refractivity contribution in [2.45, 2.75) is 18.8 Å². The number of nitrogens with zero attached hydrogens (tertiary/aromatic N) is 1. The van der Waals surface area contributed by atoms with Crippen LogP contribution in [-0.4, -0.2) is 47.5 Å². The molecule has 0 bridgehead atoms. The number of alkyl halides is 1. The zero-order valence-electron chi connectivity index (χ0n) is 7.82. The van der Waals surface area contributed by atoms with Gasteiger partial charge in [0.05, 0.1) is 5.50 Å². The molecule has 48 valence electrons. The Labute approximate surface area is 75.5 Å². The molecule has 0 saturated carbocycles. The molecule has 0 saturated heterocycles. The fraction of sp³-hybridized carbons (Fsp3) is 1.00. The first-order valence-corrected chi connectivity index (χ1v) is 2.92. The van der Waals surface area contributed by atoms with Gasteiger partial charge in [-0.15, -0.1) is 11.6 Å². The average Bonchev–Trinajstić information content (AvgIpc) is 1.65. The van der Waals surface area contributed by atoms with E-state index in [2.05, 4.69) is 6.92 Å². The Morgan fingerprint density at radius 2 is 2.00 bits per heavy atom. The van der Waals surface area contributed by atoms with Gasteiger partial charge in [0.1, 0.15) is 0 Å². The van der Waals surface area contributed by atoms with Gasteiger partial charge in [0, 0.05) is 0 Å². The van der Waals surface area contributed by atoms with Crippen LogP contribution in [-0.2, 0) is 0 Å². The molecule has 0 rings (SSSR count). The van der Waals surface area contributed by atoms with Crippen LogP contribution in [0.2, 0.25) is 0 Å². The minimum absolute atomic E-state index is 0. The SMILES string of the molecule is CCC(Cl)N(C)C.[H-].[H-].[Mg+2]. The molecule has 0 heterocycles. The summed E-state index contributed by atoms with van der Waals surface area (Å²) in [5, 5.41) is 0. The molecule has 8 heavy (non-hydrogen) atoms. The van der Waals surface area contributed by atoms with E-state index in [9.17, 15) is 0 Å². The van der Waals surface area contributed by atoms with Gasteiger partial charge >= 0.3 is 23.1 Å². The van der Waals surface area contributed by atoms with E-state index in [-0.39, 0.29) is 31.4 Å². The van der Waals surface area contributed by atoms with Crippen LogP contribution >= 0.6 is 11.6 Å². The molecule has 0 radical (unpaired) electrons. The Morgan fingerprint density at radius 1 is 1.62 bits per heavy atom. The van der Waals surface area contributed by atoms with Gasteiger partial charge in [0.2, 0.25) is 0 Å². The van der Waals surface area contributed by atoms with Gasteiger partial charge in [0.25, 0.3) is 0 Å². The molecule has 0 fully saturated rings. The van der Waals surface area contributed by atoms with E-state index in [4.69, 9.17) is 11.6 Å². The van der Waals surface area contributed by atoms with Crippen LogP contribution in [0.3, 0.4) is 0 Å². The van der Waals surface area contributed by atoms with E-state index in [1.54, 1.807) is 0 Å². The van der Waals surface area contributed by atoms with Gasteiger partial charge in [0.15, 0.2) is 0 Å². The zero-order chi connectivity index (χ0) is 5.86. The molecule has 0 aliphatic rings. The molecule has 0 N–H and O–H groups in total. The summed E-state index contributed by atoms with van der Waals surface area (Å²) in [4.78, 5) is 1.99. The minimum Gasteiger partial charge on any atom is -1.00 e. The summed E-state index contributed by atoms with van der Waals surface area (Å²) in [5.41, 5.74) is 0.208. The summed E-state index contributed by atoms with van der Waals surface area (Å²) < 4.78 is 0. The Kier molecular flexibility index (Phi) is 9.03. The second-order valence-corrected chi connectivity index (χ2v) is 2.31. The van der Waals surface area contributed by atoms with Crippen molar-refractivity contribution in [3.05, 3.63) is 0 Å². The maximum atomic E-state index is 5.73. The smallest absolute Gasteiger partial charge is 1.00 e. The fourth-order valence-electron chi connectivity index (χ4n) is 0.365. The van der Waals surface area contributed by atoms with E-state index in [0.717, 1.165) is 6.42 Å². The van der Waals surface area contributed by atoms with E-state index < -0.39 is 0 Å². The summed E-state index contributed by atoms with van der Waals surface area (Å²) in [6.45, 7) is 2.07. The Bertz CT molecular complexity index is 56.9. The Balaban J connectivity index is -0.0000000600. The molecule has 1 unspecified atom stereocenters. The van der Waals surface area contributed by atoms with Crippen LogP contribution in [0, 0.1) is 0 Å². The Hall–Kier alpha value is 1.02. The first-order chi connectivity index (χ1) is 3.18. The molecule has 0 aliphatic carbocycles. The first-order valence-electron chi connectivity index (χ1n) is 2.49. The van der Waals surface area contributed by atoms with Crippen molar-refractivity contribution in [1.82, 2.24) is 4.90 Å². The predicted octanol–water partition coefficient (Wildman–Crippen LogP) is 1.37. The molecular weight excluding hydrogens is 134 g/mol. The van der Waals surface area contributed by atoms with Gasteiger partial charge in [-0.2, -0.15) is 0 Å². The molecule has 1 nitrogen and oxygen atoms in total. The summed E-state index contributed by atoms with van der Waals surface area (Å²) in [6.07, 6.45) is 1.01. The normalized spacial score (nSPS) is 13.1. The van der Waals surface area contributed by atoms with E-state index in [0.29, 0.717) is 0 Å². The number of hydrogen-bond donors (Lipinski definition) is 0. The Morgan fingerprint density at radius 3 is 2.00 bits per heavy atom. The largest absolute Gasteiger partial charge is 2.00 e. The summed E-state index contributed by atoms with van der Waals surface area (Å²) in [5.74, 6) is 0. The van der Waals surface area contributed by atoms with Crippen molar-refractivity contribution in [3.63, 3.8) is 0 Å². The van der Waals surface area contributed by atoms with E-state index in [1.807, 2.05) is 19.0 Å². The van der Waals surface area contributed by atoms with Crippen molar-refractivity contribution in [2.75, 3.05) is 14.1 Å². The first kappa shape index (κ1) is 11.8. The van der Waals surface area contributed by atoms with Crippen LogP contribution < -0.4 is 0 Å².